The first kappa shape index (κ1) is 14.2. The molecule has 1 atom stereocenters. The van der Waals surface area contributed by atoms with Gasteiger partial charge in [-0.3, -0.25) is 4.79 Å². The number of nitrogens with one attached hydrogen (secondary N) is 1. The van der Waals surface area contributed by atoms with Gasteiger partial charge in [0.15, 0.2) is 0 Å². The Morgan fingerprint density at radius 1 is 1.55 bits per heavy atom. The van der Waals surface area contributed by atoms with E-state index < -0.39 is 6.10 Å². The highest BCUT2D eigenvalue weighted by atomic mass is 16.5. The van der Waals surface area contributed by atoms with Gasteiger partial charge in [-0.1, -0.05) is 0 Å². The first-order valence-electron chi connectivity index (χ1n) is 6.06. The molecule has 0 radical (unpaired) electrons. The number of nitrogens with zero attached hydrogens (tertiary/aromatic N) is 2. The molecule has 0 aliphatic heterocycles. The molecule has 2 aromatic rings. The molecule has 1 unspecified atom stereocenters. The van der Waals surface area contributed by atoms with Crippen LogP contribution in [-0.2, 0) is 9.53 Å². The lowest BCUT2D eigenvalue weighted by Crippen LogP contribution is -2.36. The van der Waals surface area contributed by atoms with Crippen LogP contribution in [0, 0.1) is 6.92 Å². The molecule has 1 aromatic carbocycles. The fourth-order valence-corrected chi connectivity index (χ4v) is 1.76. The number of rotatable bonds is 5. The zero-order valence-corrected chi connectivity index (χ0v) is 11.3. The summed E-state index contributed by atoms with van der Waals surface area (Å²) in [6, 6.07) is 5.42. The maximum absolute atomic E-state index is 11.9. The number of amides is 1. The lowest BCUT2D eigenvalue weighted by Gasteiger charge is -2.14. The normalized spacial score (nSPS) is 12.2. The fourth-order valence-electron chi connectivity index (χ4n) is 1.76. The molecule has 0 saturated carbocycles. The van der Waals surface area contributed by atoms with Crippen molar-refractivity contribution in [1.29, 1.82) is 0 Å². The van der Waals surface area contributed by atoms with Crippen molar-refractivity contribution in [3.8, 4) is 11.5 Å². The molecule has 1 heterocycles. The van der Waals surface area contributed by atoms with Gasteiger partial charge in [-0.05, 0) is 30.7 Å². The van der Waals surface area contributed by atoms with Gasteiger partial charge in [0.05, 0.1) is 0 Å². The molecule has 7 nitrogen and oxygen atoms in total. The van der Waals surface area contributed by atoms with E-state index >= 15 is 0 Å². The average Bonchev–Trinajstić information content (AvgIpc) is 2.96. The number of hydrogen-bond acceptors (Lipinski definition) is 6. The number of methoxy groups -OCH3 is 1. The number of carbonyl (C=O) groups excluding carboxylic acids is 1. The van der Waals surface area contributed by atoms with Crippen molar-refractivity contribution >= 4 is 11.6 Å². The van der Waals surface area contributed by atoms with Crippen molar-refractivity contribution in [1.82, 2.24) is 10.2 Å². The van der Waals surface area contributed by atoms with Crippen LogP contribution in [0.3, 0.4) is 0 Å². The Balaban J connectivity index is 2.16. The van der Waals surface area contributed by atoms with Gasteiger partial charge in [-0.2, -0.15) is 0 Å². The van der Waals surface area contributed by atoms with E-state index in [4.69, 9.17) is 14.9 Å². The second kappa shape index (κ2) is 6.27. The molecule has 0 aliphatic carbocycles. The van der Waals surface area contributed by atoms with Gasteiger partial charge >= 0.3 is 0 Å². The van der Waals surface area contributed by atoms with Crippen molar-refractivity contribution in [2.45, 2.75) is 13.0 Å². The Morgan fingerprint density at radius 2 is 2.35 bits per heavy atom. The molecule has 0 saturated heterocycles. The largest absolute Gasteiger partial charge is 0.423 e. The topological polar surface area (TPSA) is 103 Å². The fraction of sp³-hybridized carbons (Fsp3) is 0.308. The van der Waals surface area contributed by atoms with Crippen molar-refractivity contribution < 1.29 is 13.9 Å². The molecule has 2 rings (SSSR count). The van der Waals surface area contributed by atoms with Crippen LogP contribution in [0.4, 0.5) is 5.69 Å². The first-order valence-corrected chi connectivity index (χ1v) is 6.06. The van der Waals surface area contributed by atoms with Gasteiger partial charge in [0.25, 0.3) is 5.91 Å². The highest BCUT2D eigenvalue weighted by molar-refractivity contribution is 5.95. The number of aryl methyl sites for hydroxylation is 1. The molecule has 7 heteroatoms. The zero-order chi connectivity index (χ0) is 14.5. The Labute approximate surface area is 116 Å². The van der Waals surface area contributed by atoms with Crippen molar-refractivity contribution in [2.75, 3.05) is 19.0 Å². The lowest BCUT2D eigenvalue weighted by atomic mass is 10.1. The van der Waals surface area contributed by atoms with Crippen LogP contribution in [0.5, 0.6) is 0 Å². The Bertz CT molecular complexity index is 579. The molecular formula is C13H16N4O3. The van der Waals surface area contributed by atoms with Gasteiger partial charge in [0.1, 0.15) is 6.10 Å². The molecule has 0 spiro atoms. The zero-order valence-electron chi connectivity index (χ0n) is 11.3. The molecule has 20 heavy (non-hydrogen) atoms. The van der Waals surface area contributed by atoms with E-state index in [0.717, 1.165) is 11.1 Å². The number of carbonyl (C=O) groups is 1. The van der Waals surface area contributed by atoms with E-state index in [1.165, 1.54) is 13.5 Å². The van der Waals surface area contributed by atoms with Crippen LogP contribution in [0.2, 0.25) is 0 Å². The molecule has 106 valence electrons. The number of anilines is 1. The minimum atomic E-state index is -0.662. The Morgan fingerprint density at radius 3 is 2.90 bits per heavy atom. The Hall–Kier alpha value is -2.25. The van der Waals surface area contributed by atoms with Gasteiger partial charge in [-0.15, -0.1) is 10.2 Å². The monoisotopic (exact) mass is 276 g/mol. The van der Waals surface area contributed by atoms with Crippen LogP contribution >= 0.6 is 0 Å². The highest BCUT2D eigenvalue weighted by Gasteiger charge is 2.16. The minimum Gasteiger partial charge on any atom is -0.423 e. The molecule has 1 amide bonds. The van der Waals surface area contributed by atoms with E-state index in [1.807, 2.05) is 13.0 Å². The van der Waals surface area contributed by atoms with E-state index in [2.05, 4.69) is 15.5 Å². The van der Waals surface area contributed by atoms with Gasteiger partial charge in [0.2, 0.25) is 12.3 Å². The summed E-state index contributed by atoms with van der Waals surface area (Å²) in [6.07, 6.45) is 0.607. The Kier molecular flexibility index (Phi) is 4.44. The number of hydrogen-bond donors (Lipinski definition) is 2. The summed E-state index contributed by atoms with van der Waals surface area (Å²) in [4.78, 5) is 11.9. The van der Waals surface area contributed by atoms with Crippen LogP contribution in [-0.4, -0.2) is 35.9 Å². The van der Waals surface area contributed by atoms with Crippen molar-refractivity contribution in [2.24, 2.45) is 5.73 Å². The number of ether oxygens (including phenoxy) is 1. The van der Waals surface area contributed by atoms with Gasteiger partial charge in [0, 0.05) is 24.9 Å². The molecular weight excluding hydrogens is 260 g/mol. The number of benzene rings is 1. The number of aromatic nitrogens is 2. The number of nitrogens with two attached hydrogens (primary N) is 1. The predicted molar refractivity (Wildman–Crippen MR) is 73.0 cm³/mol. The third kappa shape index (κ3) is 3.01. The molecule has 0 bridgehead atoms. The summed E-state index contributed by atoms with van der Waals surface area (Å²) in [7, 11) is 1.45. The van der Waals surface area contributed by atoms with E-state index in [-0.39, 0.29) is 12.5 Å². The lowest BCUT2D eigenvalue weighted by molar-refractivity contribution is -0.125. The van der Waals surface area contributed by atoms with Gasteiger partial charge in [-0.25, -0.2) is 0 Å². The summed E-state index contributed by atoms with van der Waals surface area (Å²) >= 11 is 0. The van der Waals surface area contributed by atoms with Gasteiger partial charge < -0.3 is 20.2 Å². The molecule has 1 aromatic heterocycles. The van der Waals surface area contributed by atoms with Crippen LogP contribution in [0.15, 0.2) is 29.0 Å². The van der Waals surface area contributed by atoms with E-state index in [1.54, 1.807) is 12.1 Å². The van der Waals surface area contributed by atoms with E-state index in [9.17, 15) is 4.79 Å². The molecule has 0 aliphatic rings. The maximum atomic E-state index is 11.9. The van der Waals surface area contributed by atoms with Crippen molar-refractivity contribution in [3.63, 3.8) is 0 Å². The smallest absolute Gasteiger partial charge is 0.254 e. The minimum absolute atomic E-state index is 0.126. The summed E-state index contributed by atoms with van der Waals surface area (Å²) in [5.74, 6) is 0.159. The third-order valence-electron chi connectivity index (χ3n) is 2.88. The molecule has 3 N–H and O–H groups in total. The summed E-state index contributed by atoms with van der Waals surface area (Å²) in [6.45, 7) is 2.00. The summed E-state index contributed by atoms with van der Waals surface area (Å²) in [5, 5.41) is 10.2. The quantitative estimate of drug-likeness (QED) is 0.843. The third-order valence-corrected chi connectivity index (χ3v) is 2.88. The second-order valence-corrected chi connectivity index (χ2v) is 4.22. The SMILES string of the molecule is COC(CN)C(=O)Nc1ccc(-c2nnco2)cc1C. The standard InChI is InChI=1S/C13H16N4O3/c1-8-5-9(13-17-15-7-20-13)3-4-10(8)16-12(18)11(6-14)19-2/h3-5,7,11H,6,14H2,1-2H3,(H,16,18). The highest BCUT2D eigenvalue weighted by Crippen LogP contribution is 2.23. The van der Waals surface area contributed by atoms with Crippen LogP contribution in [0.25, 0.3) is 11.5 Å². The summed E-state index contributed by atoms with van der Waals surface area (Å²) in [5.41, 5.74) is 7.81. The maximum Gasteiger partial charge on any atom is 0.254 e. The van der Waals surface area contributed by atoms with Crippen LogP contribution in [0.1, 0.15) is 5.56 Å². The average molecular weight is 276 g/mol. The first-order chi connectivity index (χ1) is 9.65. The van der Waals surface area contributed by atoms with E-state index in [0.29, 0.717) is 11.6 Å². The molecule has 0 fully saturated rings. The van der Waals surface area contributed by atoms with Crippen LogP contribution < -0.4 is 11.1 Å². The van der Waals surface area contributed by atoms with Crippen molar-refractivity contribution in [3.05, 3.63) is 30.2 Å². The predicted octanol–water partition coefficient (Wildman–Crippen LogP) is 0.957. The second-order valence-electron chi connectivity index (χ2n) is 4.22. The summed E-state index contributed by atoms with van der Waals surface area (Å²) < 4.78 is 10.1.